The molecule has 0 unspecified atom stereocenters. The van der Waals surface area contributed by atoms with Crippen LogP contribution in [0.15, 0.2) is 35.1 Å². The van der Waals surface area contributed by atoms with Gasteiger partial charge in [0.1, 0.15) is 12.2 Å². The number of aryl methyl sites for hydroxylation is 1. The van der Waals surface area contributed by atoms with Gasteiger partial charge >= 0.3 is 0 Å². The number of H-pyrrole nitrogens is 1. The van der Waals surface area contributed by atoms with Crippen LogP contribution in [0.2, 0.25) is 0 Å². The number of likely N-dealkylation sites (N-methyl/N-ethyl adjacent to an activating group) is 1. The Morgan fingerprint density at radius 3 is 2.95 bits per heavy atom. The zero-order chi connectivity index (χ0) is 14.5. The van der Waals surface area contributed by atoms with Crippen molar-refractivity contribution in [1.82, 2.24) is 20.1 Å². The lowest BCUT2D eigenvalue weighted by molar-refractivity contribution is -0.125. The number of rotatable bonds is 4. The maximum absolute atomic E-state index is 12.0. The van der Waals surface area contributed by atoms with Gasteiger partial charge in [0.25, 0.3) is 0 Å². The Morgan fingerprint density at radius 1 is 1.50 bits per heavy atom. The first-order valence-corrected chi connectivity index (χ1v) is 6.89. The van der Waals surface area contributed by atoms with Crippen LogP contribution in [0.3, 0.4) is 0 Å². The molecule has 104 valence electrons. The molecule has 0 spiro atoms. The standard InChI is InChI=1S/C14H15BrN4O/c1-10-3-4-11(12(15)7-10)5-6-14(20)19(2)8-13-16-9-17-18-13/h3-7,9H,8H2,1-2H3,(H,16,17,18). The number of aromatic amines is 1. The monoisotopic (exact) mass is 334 g/mol. The summed E-state index contributed by atoms with van der Waals surface area (Å²) in [5.74, 6) is 0.569. The molecule has 5 nitrogen and oxygen atoms in total. The van der Waals surface area contributed by atoms with E-state index in [4.69, 9.17) is 0 Å². The van der Waals surface area contributed by atoms with Crippen LogP contribution >= 0.6 is 15.9 Å². The lowest BCUT2D eigenvalue weighted by Gasteiger charge is -2.12. The number of nitrogens with zero attached hydrogens (tertiary/aromatic N) is 3. The summed E-state index contributed by atoms with van der Waals surface area (Å²) < 4.78 is 0.972. The van der Waals surface area contributed by atoms with Gasteiger partial charge in [-0.1, -0.05) is 28.1 Å². The summed E-state index contributed by atoms with van der Waals surface area (Å²) in [5, 5.41) is 6.48. The predicted molar refractivity (Wildman–Crippen MR) is 80.8 cm³/mol. The van der Waals surface area contributed by atoms with Crippen LogP contribution in [0, 0.1) is 6.92 Å². The maximum Gasteiger partial charge on any atom is 0.246 e. The van der Waals surface area contributed by atoms with E-state index in [0.29, 0.717) is 12.4 Å². The second kappa shape index (κ2) is 6.47. The fourth-order valence-corrected chi connectivity index (χ4v) is 2.29. The molecule has 1 aromatic heterocycles. The van der Waals surface area contributed by atoms with Gasteiger partial charge in [0, 0.05) is 17.6 Å². The first kappa shape index (κ1) is 14.5. The topological polar surface area (TPSA) is 61.9 Å². The number of hydrogen-bond donors (Lipinski definition) is 1. The molecule has 20 heavy (non-hydrogen) atoms. The minimum atomic E-state index is -0.0890. The van der Waals surface area contributed by atoms with Gasteiger partial charge in [0.2, 0.25) is 5.91 Å². The second-order valence-electron chi connectivity index (χ2n) is 4.48. The molecule has 0 aliphatic rings. The van der Waals surface area contributed by atoms with E-state index in [2.05, 4.69) is 31.1 Å². The molecule has 0 fully saturated rings. The number of amides is 1. The third-order valence-corrected chi connectivity index (χ3v) is 3.48. The quantitative estimate of drug-likeness (QED) is 0.874. The Bertz CT molecular complexity index is 622. The molecule has 1 aromatic carbocycles. The number of halogens is 1. The summed E-state index contributed by atoms with van der Waals surface area (Å²) in [5.41, 5.74) is 2.14. The molecular weight excluding hydrogens is 320 g/mol. The number of benzene rings is 1. The predicted octanol–water partition coefficient (Wildman–Crippen LogP) is 2.55. The molecule has 0 atom stereocenters. The highest BCUT2D eigenvalue weighted by Gasteiger charge is 2.07. The van der Waals surface area contributed by atoms with E-state index in [-0.39, 0.29) is 5.91 Å². The number of nitrogens with one attached hydrogen (secondary N) is 1. The molecule has 0 radical (unpaired) electrons. The Hall–Kier alpha value is -1.95. The van der Waals surface area contributed by atoms with Gasteiger partial charge in [0.05, 0.1) is 6.54 Å². The van der Waals surface area contributed by atoms with Crippen LogP contribution in [0.5, 0.6) is 0 Å². The minimum Gasteiger partial charge on any atom is -0.335 e. The Labute approximate surface area is 125 Å². The average molecular weight is 335 g/mol. The van der Waals surface area contributed by atoms with Crippen molar-refractivity contribution in [3.8, 4) is 0 Å². The lowest BCUT2D eigenvalue weighted by atomic mass is 10.1. The first-order chi connectivity index (χ1) is 9.56. The van der Waals surface area contributed by atoms with Gasteiger partial charge in [-0.05, 0) is 30.2 Å². The molecule has 0 bridgehead atoms. The van der Waals surface area contributed by atoms with Crippen LogP contribution in [0.25, 0.3) is 6.08 Å². The van der Waals surface area contributed by atoms with E-state index in [1.54, 1.807) is 24.1 Å². The van der Waals surface area contributed by atoms with Gasteiger partial charge in [-0.15, -0.1) is 0 Å². The number of carbonyl (C=O) groups is 1. The minimum absolute atomic E-state index is 0.0890. The highest BCUT2D eigenvalue weighted by atomic mass is 79.9. The van der Waals surface area contributed by atoms with Crippen LogP contribution in [-0.2, 0) is 11.3 Å². The van der Waals surface area contributed by atoms with Crippen molar-refractivity contribution >= 4 is 27.9 Å². The zero-order valence-corrected chi connectivity index (χ0v) is 12.9. The van der Waals surface area contributed by atoms with Crippen molar-refractivity contribution in [2.45, 2.75) is 13.5 Å². The summed E-state index contributed by atoms with van der Waals surface area (Å²) in [6.45, 7) is 2.42. The van der Waals surface area contributed by atoms with Crippen molar-refractivity contribution in [1.29, 1.82) is 0 Å². The number of carbonyl (C=O) groups excluding carboxylic acids is 1. The molecule has 6 heteroatoms. The summed E-state index contributed by atoms with van der Waals surface area (Å²) >= 11 is 3.48. The van der Waals surface area contributed by atoms with Crippen LogP contribution in [-0.4, -0.2) is 33.0 Å². The molecule has 0 saturated carbocycles. The Balaban J connectivity index is 2.01. The van der Waals surface area contributed by atoms with E-state index in [9.17, 15) is 4.79 Å². The van der Waals surface area contributed by atoms with Gasteiger partial charge in [-0.2, -0.15) is 5.10 Å². The second-order valence-corrected chi connectivity index (χ2v) is 5.34. The van der Waals surface area contributed by atoms with Gasteiger partial charge in [0.15, 0.2) is 0 Å². The molecule has 1 N–H and O–H groups in total. The van der Waals surface area contributed by atoms with Crippen molar-refractivity contribution in [3.05, 3.63) is 52.0 Å². The fourth-order valence-electron chi connectivity index (χ4n) is 1.67. The highest BCUT2D eigenvalue weighted by molar-refractivity contribution is 9.10. The van der Waals surface area contributed by atoms with Gasteiger partial charge in [-0.25, -0.2) is 4.98 Å². The Kier molecular flexibility index (Phi) is 4.68. The van der Waals surface area contributed by atoms with Gasteiger partial charge in [-0.3, -0.25) is 9.89 Å². The maximum atomic E-state index is 12.0. The van der Waals surface area contributed by atoms with E-state index in [1.807, 2.05) is 25.1 Å². The van der Waals surface area contributed by atoms with Crippen molar-refractivity contribution in [2.24, 2.45) is 0 Å². The average Bonchev–Trinajstić information content (AvgIpc) is 2.90. The molecule has 1 heterocycles. The largest absolute Gasteiger partial charge is 0.335 e. The smallest absolute Gasteiger partial charge is 0.246 e. The van der Waals surface area contributed by atoms with E-state index in [1.165, 1.54) is 11.9 Å². The van der Waals surface area contributed by atoms with E-state index in [0.717, 1.165) is 10.0 Å². The molecular formula is C14H15BrN4O. The normalized spacial score (nSPS) is 10.9. The summed E-state index contributed by atoms with van der Waals surface area (Å²) in [6, 6.07) is 6.00. The summed E-state index contributed by atoms with van der Waals surface area (Å²) in [6.07, 6.45) is 4.77. The third kappa shape index (κ3) is 3.77. The number of hydrogen-bond acceptors (Lipinski definition) is 3. The van der Waals surface area contributed by atoms with Crippen molar-refractivity contribution in [2.75, 3.05) is 7.05 Å². The van der Waals surface area contributed by atoms with Crippen LogP contribution in [0.1, 0.15) is 17.0 Å². The Morgan fingerprint density at radius 2 is 2.30 bits per heavy atom. The lowest BCUT2D eigenvalue weighted by Crippen LogP contribution is -2.24. The molecule has 2 aromatic rings. The van der Waals surface area contributed by atoms with Crippen LogP contribution in [0.4, 0.5) is 0 Å². The molecule has 0 aliphatic heterocycles. The van der Waals surface area contributed by atoms with Crippen LogP contribution < -0.4 is 0 Å². The van der Waals surface area contributed by atoms with Crippen molar-refractivity contribution < 1.29 is 4.79 Å². The zero-order valence-electron chi connectivity index (χ0n) is 11.3. The molecule has 2 rings (SSSR count). The van der Waals surface area contributed by atoms with E-state index >= 15 is 0 Å². The number of aromatic nitrogens is 3. The fraction of sp³-hybridized carbons (Fsp3) is 0.214. The molecule has 0 aliphatic carbocycles. The van der Waals surface area contributed by atoms with Gasteiger partial charge < -0.3 is 4.90 Å². The first-order valence-electron chi connectivity index (χ1n) is 6.10. The third-order valence-electron chi connectivity index (χ3n) is 2.79. The molecule has 0 saturated heterocycles. The highest BCUT2D eigenvalue weighted by Crippen LogP contribution is 2.19. The van der Waals surface area contributed by atoms with E-state index < -0.39 is 0 Å². The summed E-state index contributed by atoms with van der Waals surface area (Å²) in [4.78, 5) is 17.5. The summed E-state index contributed by atoms with van der Waals surface area (Å²) in [7, 11) is 1.72. The SMILES string of the molecule is Cc1ccc(C=CC(=O)N(C)Cc2ncn[nH]2)c(Br)c1. The van der Waals surface area contributed by atoms with Crippen molar-refractivity contribution in [3.63, 3.8) is 0 Å². The molecule has 1 amide bonds.